The monoisotopic (exact) mass is 318 g/mol. The average Bonchev–Trinajstić information content (AvgIpc) is 2.77. The molecular formula is C16H21Cl3. The van der Waals surface area contributed by atoms with E-state index in [-0.39, 0.29) is 10.8 Å². The van der Waals surface area contributed by atoms with Crippen LogP contribution in [0.4, 0.5) is 0 Å². The Bertz CT molecular complexity index is 434. The molecule has 1 aromatic rings. The molecular weight excluding hydrogens is 299 g/mol. The average molecular weight is 320 g/mol. The molecule has 1 unspecified atom stereocenters. The third-order valence-electron chi connectivity index (χ3n) is 4.19. The molecule has 1 aliphatic rings. The molecule has 1 fully saturated rings. The first-order chi connectivity index (χ1) is 8.94. The maximum atomic E-state index is 6.84. The molecule has 2 rings (SSSR count). The fourth-order valence-electron chi connectivity index (χ4n) is 3.49. The van der Waals surface area contributed by atoms with E-state index in [1.54, 1.807) is 6.07 Å². The van der Waals surface area contributed by atoms with Gasteiger partial charge in [0.05, 0.1) is 5.38 Å². The lowest BCUT2D eigenvalue weighted by Crippen LogP contribution is -2.25. The second-order valence-electron chi connectivity index (χ2n) is 6.20. The van der Waals surface area contributed by atoms with Gasteiger partial charge in [-0.3, -0.25) is 0 Å². The van der Waals surface area contributed by atoms with Gasteiger partial charge in [-0.2, -0.15) is 0 Å². The fourth-order valence-corrected chi connectivity index (χ4v) is 4.56. The molecule has 1 aromatic carbocycles. The van der Waals surface area contributed by atoms with Gasteiger partial charge in [0, 0.05) is 10.0 Å². The predicted octanol–water partition coefficient (Wildman–Crippen LogP) is 6.88. The Hall–Kier alpha value is 0.0900. The van der Waals surface area contributed by atoms with Crippen LogP contribution in [0.1, 0.15) is 56.9 Å². The van der Waals surface area contributed by atoms with Crippen molar-refractivity contribution in [1.82, 2.24) is 0 Å². The van der Waals surface area contributed by atoms with Gasteiger partial charge in [-0.05, 0) is 48.3 Å². The molecule has 0 nitrogen and oxygen atoms in total. The van der Waals surface area contributed by atoms with Crippen molar-refractivity contribution in [2.45, 2.75) is 51.3 Å². The SMILES string of the molecule is CC(C)CC1(C(Cl)c2ccc(Cl)cc2Cl)CCCC1. The molecule has 0 amide bonds. The quantitative estimate of drug-likeness (QED) is 0.531. The van der Waals surface area contributed by atoms with Crippen molar-refractivity contribution in [3.8, 4) is 0 Å². The Morgan fingerprint density at radius 2 is 1.79 bits per heavy atom. The first-order valence-electron chi connectivity index (χ1n) is 7.04. The minimum atomic E-state index is -0.0119. The zero-order valence-electron chi connectivity index (χ0n) is 11.6. The Morgan fingerprint density at radius 3 is 2.32 bits per heavy atom. The van der Waals surface area contributed by atoms with Crippen LogP contribution in [0.5, 0.6) is 0 Å². The molecule has 0 aliphatic heterocycles. The van der Waals surface area contributed by atoms with E-state index in [1.807, 2.05) is 12.1 Å². The van der Waals surface area contributed by atoms with Crippen molar-refractivity contribution in [3.05, 3.63) is 33.8 Å². The summed E-state index contributed by atoms with van der Waals surface area (Å²) < 4.78 is 0. The maximum Gasteiger partial charge on any atom is 0.0656 e. The summed E-state index contributed by atoms with van der Waals surface area (Å²) in [6.45, 7) is 4.54. The van der Waals surface area contributed by atoms with Gasteiger partial charge in [0.15, 0.2) is 0 Å². The molecule has 1 aliphatic carbocycles. The lowest BCUT2D eigenvalue weighted by molar-refractivity contribution is 0.223. The van der Waals surface area contributed by atoms with E-state index in [4.69, 9.17) is 34.8 Å². The normalized spacial score (nSPS) is 19.9. The van der Waals surface area contributed by atoms with E-state index in [2.05, 4.69) is 13.8 Å². The van der Waals surface area contributed by atoms with Crippen LogP contribution in [0.2, 0.25) is 10.0 Å². The molecule has 0 heterocycles. The number of benzene rings is 1. The van der Waals surface area contributed by atoms with Crippen LogP contribution >= 0.6 is 34.8 Å². The Labute approximate surface area is 131 Å². The summed E-state index contributed by atoms with van der Waals surface area (Å²) in [5.74, 6) is 0.658. The Morgan fingerprint density at radius 1 is 1.16 bits per heavy atom. The molecule has 106 valence electrons. The smallest absolute Gasteiger partial charge is 0.0656 e. The lowest BCUT2D eigenvalue weighted by atomic mass is 9.73. The third kappa shape index (κ3) is 3.40. The zero-order chi connectivity index (χ0) is 14.0. The van der Waals surface area contributed by atoms with Crippen LogP contribution < -0.4 is 0 Å². The number of hydrogen-bond donors (Lipinski definition) is 0. The Balaban J connectivity index is 2.31. The predicted molar refractivity (Wildman–Crippen MR) is 85.4 cm³/mol. The van der Waals surface area contributed by atoms with Gasteiger partial charge < -0.3 is 0 Å². The molecule has 0 radical (unpaired) electrons. The van der Waals surface area contributed by atoms with Crippen molar-refractivity contribution >= 4 is 34.8 Å². The lowest BCUT2D eigenvalue weighted by Gasteiger charge is -2.36. The fraction of sp³-hybridized carbons (Fsp3) is 0.625. The highest BCUT2D eigenvalue weighted by atomic mass is 35.5. The van der Waals surface area contributed by atoms with Gasteiger partial charge in [0.1, 0.15) is 0 Å². The van der Waals surface area contributed by atoms with E-state index in [0.717, 1.165) is 5.56 Å². The largest absolute Gasteiger partial charge is 0.117 e. The van der Waals surface area contributed by atoms with E-state index in [1.165, 1.54) is 32.1 Å². The molecule has 0 aromatic heterocycles. The number of hydrogen-bond acceptors (Lipinski definition) is 0. The highest BCUT2D eigenvalue weighted by Crippen LogP contribution is 2.55. The van der Waals surface area contributed by atoms with E-state index in [9.17, 15) is 0 Å². The molecule has 19 heavy (non-hydrogen) atoms. The van der Waals surface area contributed by atoms with Gasteiger partial charge in [0.25, 0.3) is 0 Å². The van der Waals surface area contributed by atoms with Crippen LogP contribution in [0, 0.1) is 11.3 Å². The first-order valence-corrected chi connectivity index (χ1v) is 8.23. The Kier molecular flexibility index (Phi) is 5.09. The van der Waals surface area contributed by atoms with Gasteiger partial charge in [-0.15, -0.1) is 11.6 Å². The van der Waals surface area contributed by atoms with E-state index >= 15 is 0 Å². The van der Waals surface area contributed by atoms with Gasteiger partial charge in [-0.25, -0.2) is 0 Å². The number of rotatable bonds is 4. The standard InChI is InChI=1S/C16H21Cl3/c1-11(2)10-16(7-3-4-8-16)15(19)13-6-5-12(17)9-14(13)18/h5-6,9,11,15H,3-4,7-8,10H2,1-2H3. The summed E-state index contributed by atoms with van der Waals surface area (Å²) in [6.07, 6.45) is 6.14. The van der Waals surface area contributed by atoms with Crippen LogP contribution in [-0.2, 0) is 0 Å². The second-order valence-corrected chi connectivity index (χ2v) is 7.48. The molecule has 0 bridgehead atoms. The summed E-state index contributed by atoms with van der Waals surface area (Å²) in [6, 6.07) is 5.67. The van der Waals surface area contributed by atoms with Gasteiger partial charge >= 0.3 is 0 Å². The molecule has 1 atom stereocenters. The summed E-state index contributed by atoms with van der Waals surface area (Å²) in [5.41, 5.74) is 1.24. The third-order valence-corrected chi connectivity index (χ3v) is 5.45. The van der Waals surface area contributed by atoms with Gasteiger partial charge in [-0.1, -0.05) is 56.0 Å². The summed E-state index contributed by atoms with van der Waals surface area (Å²) in [4.78, 5) is 0. The van der Waals surface area contributed by atoms with Crippen molar-refractivity contribution in [2.75, 3.05) is 0 Å². The van der Waals surface area contributed by atoms with Crippen LogP contribution in [-0.4, -0.2) is 0 Å². The molecule has 1 saturated carbocycles. The number of halogens is 3. The van der Waals surface area contributed by atoms with E-state index < -0.39 is 0 Å². The first kappa shape index (κ1) is 15.5. The van der Waals surface area contributed by atoms with E-state index in [0.29, 0.717) is 16.0 Å². The van der Waals surface area contributed by atoms with Crippen molar-refractivity contribution in [3.63, 3.8) is 0 Å². The topological polar surface area (TPSA) is 0 Å². The van der Waals surface area contributed by atoms with Crippen LogP contribution in [0.25, 0.3) is 0 Å². The number of alkyl halides is 1. The highest BCUT2D eigenvalue weighted by Gasteiger charge is 2.42. The van der Waals surface area contributed by atoms with Crippen molar-refractivity contribution < 1.29 is 0 Å². The molecule has 3 heteroatoms. The summed E-state index contributed by atoms with van der Waals surface area (Å²) in [5, 5.41) is 1.35. The zero-order valence-corrected chi connectivity index (χ0v) is 13.8. The minimum absolute atomic E-state index is 0.0119. The van der Waals surface area contributed by atoms with Crippen LogP contribution in [0.3, 0.4) is 0 Å². The minimum Gasteiger partial charge on any atom is -0.117 e. The molecule has 0 saturated heterocycles. The molecule has 0 N–H and O–H groups in total. The maximum absolute atomic E-state index is 6.84. The molecule has 0 spiro atoms. The summed E-state index contributed by atoms with van der Waals surface area (Å²) >= 11 is 19.1. The van der Waals surface area contributed by atoms with Crippen LogP contribution in [0.15, 0.2) is 18.2 Å². The highest BCUT2D eigenvalue weighted by molar-refractivity contribution is 6.35. The van der Waals surface area contributed by atoms with Crippen molar-refractivity contribution in [2.24, 2.45) is 11.3 Å². The van der Waals surface area contributed by atoms with Gasteiger partial charge in [0.2, 0.25) is 0 Å². The summed E-state index contributed by atoms with van der Waals surface area (Å²) in [7, 11) is 0. The van der Waals surface area contributed by atoms with Crippen molar-refractivity contribution in [1.29, 1.82) is 0 Å². The second kappa shape index (κ2) is 6.24.